The highest BCUT2D eigenvalue weighted by Crippen LogP contribution is 2.40. The summed E-state index contributed by atoms with van der Waals surface area (Å²) in [5.41, 5.74) is 0. The predicted molar refractivity (Wildman–Crippen MR) is 41.2 cm³/mol. The van der Waals surface area contributed by atoms with Crippen LogP contribution in [0, 0.1) is 5.92 Å². The average Bonchev–Trinajstić information content (AvgIpc) is 2.04. The van der Waals surface area contributed by atoms with Crippen LogP contribution in [-0.4, -0.2) is 21.5 Å². The fourth-order valence-corrected chi connectivity index (χ4v) is 3.35. The van der Waals surface area contributed by atoms with E-state index in [4.69, 9.17) is 0 Å². The zero-order chi connectivity index (χ0) is 8.65. The normalized spacial score (nSPS) is 42.8. The van der Waals surface area contributed by atoms with Crippen LogP contribution in [0.4, 0.5) is 8.78 Å². The molecule has 66 valence electrons. The van der Waals surface area contributed by atoms with Crippen LogP contribution in [-0.2, 0) is 11.2 Å². The Balaban J connectivity index is 2.71. The van der Waals surface area contributed by atoms with Gasteiger partial charge in [0.1, 0.15) is 5.25 Å². The summed E-state index contributed by atoms with van der Waals surface area (Å²) in [4.78, 5) is 0. The summed E-state index contributed by atoms with van der Waals surface area (Å²) in [5.74, 6) is -3.86. The van der Waals surface area contributed by atoms with Crippen LogP contribution >= 0.6 is 0 Å². The van der Waals surface area contributed by atoms with Gasteiger partial charge in [-0.25, -0.2) is 8.78 Å². The molecule has 1 rings (SSSR count). The Kier molecular flexibility index (Phi) is 2.44. The van der Waals surface area contributed by atoms with E-state index in [2.05, 4.69) is 0 Å². The lowest BCUT2D eigenvalue weighted by molar-refractivity contribution is -0.0192. The number of hydrogen-bond donors (Lipinski definition) is 0. The van der Waals surface area contributed by atoms with Crippen molar-refractivity contribution in [2.75, 3.05) is 5.75 Å². The molecule has 0 N–H and O–H groups in total. The second-order valence-corrected chi connectivity index (χ2v) is 4.68. The molecule has 1 saturated heterocycles. The van der Waals surface area contributed by atoms with Crippen molar-refractivity contribution in [1.29, 1.82) is 0 Å². The third kappa shape index (κ3) is 1.51. The summed E-state index contributed by atoms with van der Waals surface area (Å²) in [6.07, 6.45) is 0.587. The molecule has 4 heteroatoms. The molecule has 0 amide bonds. The first-order chi connectivity index (χ1) is 4.99. The topological polar surface area (TPSA) is 23.1 Å². The summed E-state index contributed by atoms with van der Waals surface area (Å²) in [7, 11) is 0. The highest BCUT2D eigenvalue weighted by atomic mass is 32.2. The molecule has 1 fully saturated rings. The van der Waals surface area contributed by atoms with E-state index in [1.54, 1.807) is 6.92 Å². The summed E-state index contributed by atoms with van der Waals surface area (Å²) in [6.45, 7) is 3.29. The van der Waals surface area contributed by atoms with E-state index in [1.807, 2.05) is 0 Å². The maximum absolute atomic E-state index is 12.8. The molecule has 0 aliphatic carbocycles. The summed E-state index contributed by atoms with van der Waals surface area (Å²) in [6, 6.07) is 0. The Morgan fingerprint density at radius 3 is 2.36 bits per heavy atom. The largest absolute Gasteiger partial charge is 0.616 e. The first kappa shape index (κ1) is 9.26. The predicted octanol–water partition coefficient (Wildman–Crippen LogP) is 1.80. The van der Waals surface area contributed by atoms with Gasteiger partial charge in [0.25, 0.3) is 5.92 Å². The molecule has 1 aliphatic heterocycles. The van der Waals surface area contributed by atoms with E-state index in [-0.39, 0.29) is 5.25 Å². The Hall–Kier alpha value is 0.170. The molecule has 0 radical (unpaired) electrons. The lowest BCUT2D eigenvalue weighted by atomic mass is 10.00. The maximum atomic E-state index is 12.8. The van der Waals surface area contributed by atoms with Gasteiger partial charge in [0.2, 0.25) is 0 Å². The first-order valence-electron chi connectivity index (χ1n) is 3.74. The van der Waals surface area contributed by atoms with Crippen LogP contribution in [0.5, 0.6) is 0 Å². The highest BCUT2D eigenvalue weighted by molar-refractivity contribution is 7.92. The Morgan fingerprint density at radius 2 is 2.18 bits per heavy atom. The average molecular weight is 182 g/mol. The van der Waals surface area contributed by atoms with Crippen molar-refractivity contribution in [2.24, 2.45) is 5.92 Å². The molecule has 0 bridgehead atoms. The van der Waals surface area contributed by atoms with E-state index in [1.165, 1.54) is 6.92 Å². The van der Waals surface area contributed by atoms with Crippen LogP contribution in [0.25, 0.3) is 0 Å². The molecule has 0 spiro atoms. The Bertz CT molecular complexity index is 151. The summed E-state index contributed by atoms with van der Waals surface area (Å²) in [5, 5.41) is -0.301. The van der Waals surface area contributed by atoms with Crippen molar-refractivity contribution in [1.82, 2.24) is 0 Å². The number of hydrogen-bond acceptors (Lipinski definition) is 1. The molecule has 0 saturated carbocycles. The Labute approximate surface area is 68.3 Å². The van der Waals surface area contributed by atoms with Gasteiger partial charge in [-0.15, -0.1) is 0 Å². The minimum absolute atomic E-state index is 0.301. The van der Waals surface area contributed by atoms with Crippen molar-refractivity contribution in [3.05, 3.63) is 0 Å². The van der Waals surface area contributed by atoms with E-state index < -0.39 is 28.8 Å². The standard InChI is InChI=1S/C7H12F2OS/c1-3-6-5(2)7(8,9)4-11(6)10/h5-6H,3-4H2,1-2H3/t5-,6-,11?/m1/s1. The van der Waals surface area contributed by atoms with Gasteiger partial charge in [0, 0.05) is 0 Å². The second-order valence-electron chi connectivity index (χ2n) is 3.02. The van der Waals surface area contributed by atoms with Crippen LogP contribution < -0.4 is 0 Å². The van der Waals surface area contributed by atoms with E-state index in [0.29, 0.717) is 6.42 Å². The van der Waals surface area contributed by atoms with Gasteiger partial charge in [0.15, 0.2) is 5.75 Å². The van der Waals surface area contributed by atoms with Crippen LogP contribution in [0.15, 0.2) is 0 Å². The minimum atomic E-state index is -2.70. The van der Waals surface area contributed by atoms with E-state index in [0.717, 1.165) is 0 Å². The van der Waals surface area contributed by atoms with Crippen molar-refractivity contribution >= 4 is 11.2 Å². The molecule has 0 aromatic rings. The molecule has 1 aliphatic rings. The third-order valence-corrected chi connectivity index (χ3v) is 4.38. The smallest absolute Gasteiger partial charge is 0.298 e. The SMILES string of the molecule is CC[C@@H]1[C@@H](C)C(F)(F)C[S+]1[O-]. The van der Waals surface area contributed by atoms with Crippen LogP contribution in [0.2, 0.25) is 0 Å². The van der Waals surface area contributed by atoms with Crippen molar-refractivity contribution < 1.29 is 13.3 Å². The zero-order valence-electron chi connectivity index (χ0n) is 6.64. The van der Waals surface area contributed by atoms with Crippen LogP contribution in [0.1, 0.15) is 20.3 Å². The van der Waals surface area contributed by atoms with Crippen molar-refractivity contribution in [3.63, 3.8) is 0 Å². The fourth-order valence-electron chi connectivity index (χ4n) is 1.47. The molecular weight excluding hydrogens is 170 g/mol. The maximum Gasteiger partial charge on any atom is 0.298 e. The lowest BCUT2D eigenvalue weighted by Crippen LogP contribution is -2.27. The van der Waals surface area contributed by atoms with E-state index >= 15 is 0 Å². The number of halogens is 2. The van der Waals surface area contributed by atoms with Crippen molar-refractivity contribution in [2.45, 2.75) is 31.4 Å². The van der Waals surface area contributed by atoms with Crippen LogP contribution in [0.3, 0.4) is 0 Å². The minimum Gasteiger partial charge on any atom is -0.616 e. The van der Waals surface area contributed by atoms with Gasteiger partial charge in [-0.05, 0) is 17.6 Å². The quantitative estimate of drug-likeness (QED) is 0.567. The molecule has 1 heterocycles. The zero-order valence-corrected chi connectivity index (χ0v) is 7.46. The highest BCUT2D eigenvalue weighted by Gasteiger charge is 2.55. The molecule has 1 nitrogen and oxygen atoms in total. The van der Waals surface area contributed by atoms with Gasteiger partial charge in [-0.2, -0.15) is 0 Å². The third-order valence-electron chi connectivity index (χ3n) is 2.30. The van der Waals surface area contributed by atoms with Gasteiger partial charge < -0.3 is 4.55 Å². The van der Waals surface area contributed by atoms with Gasteiger partial charge in [0.05, 0.1) is 5.92 Å². The van der Waals surface area contributed by atoms with E-state index in [9.17, 15) is 13.3 Å². The Morgan fingerprint density at radius 1 is 1.64 bits per heavy atom. The van der Waals surface area contributed by atoms with Gasteiger partial charge >= 0.3 is 0 Å². The number of alkyl halides is 2. The first-order valence-corrected chi connectivity index (χ1v) is 5.12. The van der Waals surface area contributed by atoms with Crippen molar-refractivity contribution in [3.8, 4) is 0 Å². The molecule has 1 unspecified atom stereocenters. The lowest BCUT2D eigenvalue weighted by Gasteiger charge is -2.14. The van der Waals surface area contributed by atoms with Gasteiger partial charge in [-0.1, -0.05) is 13.8 Å². The molecule has 0 aromatic carbocycles. The second kappa shape index (κ2) is 2.90. The number of rotatable bonds is 1. The molecule has 11 heavy (non-hydrogen) atoms. The summed E-state index contributed by atoms with van der Waals surface area (Å²) < 4.78 is 36.7. The monoisotopic (exact) mass is 182 g/mol. The molecular formula is C7H12F2OS. The molecule has 3 atom stereocenters. The molecule has 0 aromatic heterocycles. The summed E-state index contributed by atoms with van der Waals surface area (Å²) >= 11 is -1.31. The fraction of sp³-hybridized carbons (Fsp3) is 1.00. The van der Waals surface area contributed by atoms with Gasteiger partial charge in [-0.3, -0.25) is 0 Å².